The van der Waals surface area contributed by atoms with Gasteiger partial charge in [0.2, 0.25) is 0 Å². The minimum atomic E-state index is 0.587. The molecule has 0 aromatic heterocycles. The number of hydrogen-bond donors (Lipinski definition) is 0. The van der Waals surface area contributed by atoms with E-state index in [4.69, 9.17) is 9.47 Å². The highest BCUT2D eigenvalue weighted by atomic mass is 16.5. The van der Waals surface area contributed by atoms with E-state index in [9.17, 15) is 0 Å². The van der Waals surface area contributed by atoms with Crippen molar-refractivity contribution in [3.05, 3.63) is 60.2 Å². The molecule has 0 aliphatic carbocycles. The van der Waals surface area contributed by atoms with E-state index in [1.807, 2.05) is 12.1 Å². The molecule has 0 aliphatic heterocycles. The molecule has 0 fully saturated rings. The zero-order valence-corrected chi connectivity index (χ0v) is 15.1. The van der Waals surface area contributed by atoms with E-state index in [1.54, 1.807) is 7.11 Å². The maximum atomic E-state index is 5.73. The number of methoxy groups -OCH3 is 1. The summed E-state index contributed by atoms with van der Waals surface area (Å²) in [5.41, 5.74) is 2.43. The van der Waals surface area contributed by atoms with E-state index < -0.39 is 0 Å². The summed E-state index contributed by atoms with van der Waals surface area (Å²) >= 11 is 0. The van der Waals surface area contributed by atoms with E-state index in [0.717, 1.165) is 38.5 Å². The second kappa shape index (κ2) is 9.99. The lowest BCUT2D eigenvalue weighted by Crippen LogP contribution is -2.25. The van der Waals surface area contributed by atoms with Crippen molar-refractivity contribution in [2.45, 2.75) is 26.8 Å². The normalized spacial score (nSPS) is 10.8. The number of para-hydroxylation sites is 2. The Bertz CT molecular complexity index is 583. The third kappa shape index (κ3) is 5.89. The summed E-state index contributed by atoms with van der Waals surface area (Å²) in [4.78, 5) is 2.39. The summed E-state index contributed by atoms with van der Waals surface area (Å²) in [6.45, 7) is 7.78. The van der Waals surface area contributed by atoms with Crippen molar-refractivity contribution in [3.8, 4) is 5.75 Å². The Balaban J connectivity index is 2.01. The molecule has 3 nitrogen and oxygen atoms in total. The van der Waals surface area contributed by atoms with Gasteiger partial charge in [-0.1, -0.05) is 50.2 Å². The number of rotatable bonds is 10. The molecule has 0 saturated heterocycles. The van der Waals surface area contributed by atoms with Crippen molar-refractivity contribution in [1.82, 2.24) is 0 Å². The fraction of sp³-hybridized carbons (Fsp3) is 0.429. The highest BCUT2D eigenvalue weighted by Gasteiger charge is 2.10. The lowest BCUT2D eigenvalue weighted by atomic mass is 10.1. The molecule has 0 aliphatic rings. The predicted molar refractivity (Wildman–Crippen MR) is 101 cm³/mol. The molecule has 130 valence electrons. The lowest BCUT2D eigenvalue weighted by molar-refractivity contribution is 0.109. The fourth-order valence-corrected chi connectivity index (χ4v) is 2.65. The van der Waals surface area contributed by atoms with Gasteiger partial charge in [0, 0.05) is 37.6 Å². The zero-order chi connectivity index (χ0) is 17.2. The molecule has 0 N–H and O–H groups in total. The van der Waals surface area contributed by atoms with Gasteiger partial charge in [0.25, 0.3) is 0 Å². The first kappa shape index (κ1) is 18.3. The first-order chi connectivity index (χ1) is 11.7. The smallest absolute Gasteiger partial charge is 0.123 e. The number of nitrogens with zero attached hydrogens (tertiary/aromatic N) is 1. The SMILES string of the molecule is COc1ccccc1CN(CCCOCC(C)C)c1ccccc1. The monoisotopic (exact) mass is 327 g/mol. The van der Waals surface area contributed by atoms with Crippen LogP contribution < -0.4 is 9.64 Å². The first-order valence-corrected chi connectivity index (χ1v) is 8.70. The van der Waals surface area contributed by atoms with Crippen LogP contribution in [0.25, 0.3) is 0 Å². The topological polar surface area (TPSA) is 21.7 Å². The van der Waals surface area contributed by atoms with Crippen LogP contribution >= 0.6 is 0 Å². The van der Waals surface area contributed by atoms with Crippen LogP contribution in [0.3, 0.4) is 0 Å². The van der Waals surface area contributed by atoms with Crippen molar-refractivity contribution in [2.75, 3.05) is 31.8 Å². The van der Waals surface area contributed by atoms with E-state index >= 15 is 0 Å². The first-order valence-electron chi connectivity index (χ1n) is 8.70. The van der Waals surface area contributed by atoms with Gasteiger partial charge in [-0.3, -0.25) is 0 Å². The maximum Gasteiger partial charge on any atom is 0.123 e. The Morgan fingerprint density at radius 2 is 1.67 bits per heavy atom. The summed E-state index contributed by atoms with van der Waals surface area (Å²) in [7, 11) is 1.73. The van der Waals surface area contributed by atoms with Crippen LogP contribution in [0.4, 0.5) is 5.69 Å². The van der Waals surface area contributed by atoms with Crippen LogP contribution in [0.2, 0.25) is 0 Å². The van der Waals surface area contributed by atoms with Gasteiger partial charge in [0.1, 0.15) is 5.75 Å². The third-order valence-electron chi connectivity index (χ3n) is 3.84. The minimum Gasteiger partial charge on any atom is -0.496 e. The average Bonchev–Trinajstić information content (AvgIpc) is 2.61. The molecule has 0 bridgehead atoms. The van der Waals surface area contributed by atoms with Crippen LogP contribution in [0, 0.1) is 5.92 Å². The maximum absolute atomic E-state index is 5.73. The molecule has 2 aromatic carbocycles. The molecule has 0 spiro atoms. The third-order valence-corrected chi connectivity index (χ3v) is 3.84. The van der Waals surface area contributed by atoms with Crippen molar-refractivity contribution in [1.29, 1.82) is 0 Å². The molecule has 3 heteroatoms. The van der Waals surface area contributed by atoms with Gasteiger partial charge in [-0.25, -0.2) is 0 Å². The highest BCUT2D eigenvalue weighted by Crippen LogP contribution is 2.23. The van der Waals surface area contributed by atoms with Gasteiger partial charge in [-0.15, -0.1) is 0 Å². The summed E-state index contributed by atoms with van der Waals surface area (Å²) in [5.74, 6) is 1.53. The number of hydrogen-bond acceptors (Lipinski definition) is 3. The van der Waals surface area contributed by atoms with Gasteiger partial charge in [0.15, 0.2) is 0 Å². The van der Waals surface area contributed by atoms with E-state index in [1.165, 1.54) is 11.3 Å². The predicted octanol–water partition coefficient (Wildman–Crippen LogP) is 4.76. The van der Waals surface area contributed by atoms with Crippen LogP contribution in [-0.4, -0.2) is 26.9 Å². The van der Waals surface area contributed by atoms with E-state index in [-0.39, 0.29) is 0 Å². The summed E-state index contributed by atoms with van der Waals surface area (Å²) in [5, 5.41) is 0. The zero-order valence-electron chi connectivity index (χ0n) is 15.1. The van der Waals surface area contributed by atoms with Crippen molar-refractivity contribution in [3.63, 3.8) is 0 Å². The van der Waals surface area contributed by atoms with Crippen LogP contribution in [0.15, 0.2) is 54.6 Å². The Hall–Kier alpha value is -2.00. The van der Waals surface area contributed by atoms with E-state index in [2.05, 4.69) is 61.2 Å². The number of ether oxygens (including phenoxy) is 2. The van der Waals surface area contributed by atoms with Gasteiger partial charge in [-0.2, -0.15) is 0 Å². The number of anilines is 1. The Kier molecular flexibility index (Phi) is 7.63. The molecule has 0 radical (unpaired) electrons. The summed E-state index contributed by atoms with van der Waals surface area (Å²) < 4.78 is 11.2. The second-order valence-corrected chi connectivity index (χ2v) is 6.39. The van der Waals surface area contributed by atoms with Crippen molar-refractivity contribution >= 4 is 5.69 Å². The molecule has 24 heavy (non-hydrogen) atoms. The molecule has 2 aromatic rings. The Labute approximate surface area is 146 Å². The van der Waals surface area contributed by atoms with Crippen LogP contribution in [-0.2, 0) is 11.3 Å². The van der Waals surface area contributed by atoms with Crippen LogP contribution in [0.1, 0.15) is 25.8 Å². The fourth-order valence-electron chi connectivity index (χ4n) is 2.65. The average molecular weight is 327 g/mol. The Morgan fingerprint density at radius 3 is 2.38 bits per heavy atom. The van der Waals surface area contributed by atoms with Crippen molar-refractivity contribution in [2.24, 2.45) is 5.92 Å². The second-order valence-electron chi connectivity index (χ2n) is 6.39. The summed E-state index contributed by atoms with van der Waals surface area (Å²) in [6, 6.07) is 18.8. The van der Waals surface area contributed by atoms with Crippen molar-refractivity contribution < 1.29 is 9.47 Å². The molecule has 0 saturated carbocycles. The summed E-state index contributed by atoms with van der Waals surface area (Å²) in [6.07, 6.45) is 1.01. The molecule has 0 unspecified atom stereocenters. The van der Waals surface area contributed by atoms with Gasteiger partial charge in [0.05, 0.1) is 7.11 Å². The van der Waals surface area contributed by atoms with Gasteiger partial charge in [-0.05, 0) is 30.5 Å². The lowest BCUT2D eigenvalue weighted by Gasteiger charge is -2.26. The van der Waals surface area contributed by atoms with E-state index in [0.29, 0.717) is 5.92 Å². The Morgan fingerprint density at radius 1 is 0.958 bits per heavy atom. The van der Waals surface area contributed by atoms with Gasteiger partial charge < -0.3 is 14.4 Å². The number of benzene rings is 2. The molecule has 0 heterocycles. The standard InChI is InChI=1S/C21H29NO2/c1-18(2)17-24-15-9-14-22(20-11-5-4-6-12-20)16-19-10-7-8-13-21(19)23-3/h4-8,10-13,18H,9,14-17H2,1-3H3. The largest absolute Gasteiger partial charge is 0.496 e. The highest BCUT2D eigenvalue weighted by molar-refractivity contribution is 5.48. The molecule has 2 rings (SSSR count). The van der Waals surface area contributed by atoms with Gasteiger partial charge >= 0.3 is 0 Å². The quantitative estimate of drug-likeness (QED) is 0.587. The molecular formula is C21H29NO2. The molecule has 0 atom stereocenters. The van der Waals surface area contributed by atoms with Crippen LogP contribution in [0.5, 0.6) is 5.75 Å². The molecule has 0 amide bonds. The minimum absolute atomic E-state index is 0.587. The molecular weight excluding hydrogens is 298 g/mol.